The number of hydrogen-bond donors (Lipinski definition) is 5. The predicted molar refractivity (Wildman–Crippen MR) is 107 cm³/mol. The minimum absolute atomic E-state index is 0.143. The number of carbonyl (C=O) groups excluding carboxylic acids is 2. The van der Waals surface area contributed by atoms with E-state index >= 15 is 0 Å². The lowest BCUT2D eigenvalue weighted by molar-refractivity contribution is -0.127. The second kappa shape index (κ2) is 10.5. The van der Waals surface area contributed by atoms with Gasteiger partial charge in [-0.05, 0) is 62.4 Å². The number of hydrogen-bond acceptors (Lipinski definition) is 5. The molecule has 0 fully saturated rings. The van der Waals surface area contributed by atoms with E-state index in [0.717, 1.165) is 16.7 Å². The van der Waals surface area contributed by atoms with Crippen LogP contribution in [-0.2, 0) is 16.0 Å². The van der Waals surface area contributed by atoms with Crippen LogP contribution in [0.5, 0.6) is 5.75 Å². The van der Waals surface area contributed by atoms with Crippen LogP contribution < -0.4 is 22.1 Å². The first-order chi connectivity index (χ1) is 12.6. The zero-order valence-electron chi connectivity index (χ0n) is 16.5. The van der Waals surface area contributed by atoms with Gasteiger partial charge in [0, 0.05) is 20.0 Å². The maximum atomic E-state index is 12.4. The van der Waals surface area contributed by atoms with Gasteiger partial charge in [0.2, 0.25) is 5.91 Å². The SMILES string of the molecule is CN=C(N)NCCCC(N)C(=O)NC(Cc1c(C)cc(O)cc1C)C(C)=O. The summed E-state index contributed by atoms with van der Waals surface area (Å²) in [5.74, 6) is 0.0169. The number of ketones is 1. The lowest BCUT2D eigenvalue weighted by atomic mass is 9.94. The van der Waals surface area contributed by atoms with Gasteiger partial charge in [0.15, 0.2) is 11.7 Å². The number of guanidine groups is 1. The molecular formula is C19H31N5O3. The first-order valence-electron chi connectivity index (χ1n) is 8.97. The van der Waals surface area contributed by atoms with Crippen molar-refractivity contribution in [1.29, 1.82) is 0 Å². The molecule has 1 aromatic rings. The number of benzene rings is 1. The lowest BCUT2D eigenvalue weighted by Crippen LogP contribution is -2.49. The number of aliphatic imine (C=N–C) groups is 1. The maximum Gasteiger partial charge on any atom is 0.237 e. The van der Waals surface area contributed by atoms with Gasteiger partial charge in [0.05, 0.1) is 12.1 Å². The molecule has 150 valence electrons. The number of nitrogens with two attached hydrogens (primary N) is 2. The fraction of sp³-hybridized carbons (Fsp3) is 0.526. The molecule has 1 amide bonds. The van der Waals surface area contributed by atoms with E-state index in [9.17, 15) is 14.7 Å². The summed E-state index contributed by atoms with van der Waals surface area (Å²) >= 11 is 0. The summed E-state index contributed by atoms with van der Waals surface area (Å²) in [6.07, 6.45) is 1.46. The van der Waals surface area contributed by atoms with E-state index in [2.05, 4.69) is 15.6 Å². The zero-order chi connectivity index (χ0) is 20.6. The van der Waals surface area contributed by atoms with Crippen molar-refractivity contribution in [2.24, 2.45) is 16.5 Å². The van der Waals surface area contributed by atoms with Gasteiger partial charge in [-0.2, -0.15) is 0 Å². The van der Waals surface area contributed by atoms with Crippen molar-refractivity contribution in [1.82, 2.24) is 10.6 Å². The summed E-state index contributed by atoms with van der Waals surface area (Å²) in [6.45, 7) is 5.74. The van der Waals surface area contributed by atoms with Gasteiger partial charge < -0.3 is 27.2 Å². The Morgan fingerprint density at radius 2 is 1.85 bits per heavy atom. The molecule has 0 radical (unpaired) electrons. The maximum absolute atomic E-state index is 12.4. The molecule has 7 N–H and O–H groups in total. The van der Waals surface area contributed by atoms with Gasteiger partial charge in [0.1, 0.15) is 5.75 Å². The fourth-order valence-electron chi connectivity index (χ4n) is 2.82. The van der Waals surface area contributed by atoms with Gasteiger partial charge in [0.25, 0.3) is 0 Å². The monoisotopic (exact) mass is 377 g/mol. The van der Waals surface area contributed by atoms with Gasteiger partial charge in [-0.3, -0.25) is 14.6 Å². The molecule has 2 unspecified atom stereocenters. The highest BCUT2D eigenvalue weighted by atomic mass is 16.3. The summed E-state index contributed by atoms with van der Waals surface area (Å²) in [4.78, 5) is 28.2. The molecular weight excluding hydrogens is 346 g/mol. The molecule has 27 heavy (non-hydrogen) atoms. The van der Waals surface area contributed by atoms with E-state index in [1.165, 1.54) is 6.92 Å². The Labute approximate surface area is 160 Å². The lowest BCUT2D eigenvalue weighted by Gasteiger charge is -2.21. The Bertz CT molecular complexity index is 680. The quantitative estimate of drug-likeness (QED) is 0.237. The molecule has 0 aliphatic carbocycles. The molecule has 8 heteroatoms. The molecule has 2 atom stereocenters. The average Bonchev–Trinajstić information content (AvgIpc) is 2.59. The van der Waals surface area contributed by atoms with Crippen LogP contribution in [0.2, 0.25) is 0 Å². The Kier molecular flexibility index (Phi) is 8.74. The molecule has 0 bridgehead atoms. The van der Waals surface area contributed by atoms with Crippen molar-refractivity contribution in [3.63, 3.8) is 0 Å². The van der Waals surface area contributed by atoms with Crippen LogP contribution in [0, 0.1) is 13.8 Å². The first-order valence-corrected chi connectivity index (χ1v) is 8.97. The fourth-order valence-corrected chi connectivity index (χ4v) is 2.82. The topological polar surface area (TPSA) is 143 Å². The van der Waals surface area contributed by atoms with Crippen molar-refractivity contribution < 1.29 is 14.7 Å². The minimum Gasteiger partial charge on any atom is -0.508 e. The van der Waals surface area contributed by atoms with E-state index in [4.69, 9.17) is 11.5 Å². The van der Waals surface area contributed by atoms with Gasteiger partial charge in [-0.1, -0.05) is 0 Å². The third-order valence-electron chi connectivity index (χ3n) is 4.47. The Hall–Kier alpha value is -2.61. The normalized spacial score (nSPS) is 13.7. The number of nitrogens with zero attached hydrogens (tertiary/aromatic N) is 1. The van der Waals surface area contributed by atoms with Crippen LogP contribution in [0.4, 0.5) is 0 Å². The van der Waals surface area contributed by atoms with Crippen LogP contribution in [0.15, 0.2) is 17.1 Å². The largest absolute Gasteiger partial charge is 0.508 e. The Morgan fingerprint density at radius 1 is 1.26 bits per heavy atom. The average molecular weight is 377 g/mol. The molecule has 0 saturated carbocycles. The van der Waals surface area contributed by atoms with E-state index in [0.29, 0.717) is 31.8 Å². The van der Waals surface area contributed by atoms with E-state index in [1.54, 1.807) is 19.2 Å². The highest BCUT2D eigenvalue weighted by Gasteiger charge is 2.22. The Morgan fingerprint density at radius 3 is 2.37 bits per heavy atom. The van der Waals surface area contributed by atoms with Crippen molar-refractivity contribution in [3.05, 3.63) is 28.8 Å². The number of phenols is 1. The molecule has 8 nitrogen and oxygen atoms in total. The summed E-state index contributed by atoms with van der Waals surface area (Å²) in [7, 11) is 1.58. The molecule has 0 aromatic heterocycles. The molecule has 0 aliphatic heterocycles. The van der Waals surface area contributed by atoms with Crippen molar-refractivity contribution in [2.75, 3.05) is 13.6 Å². The van der Waals surface area contributed by atoms with E-state index < -0.39 is 12.1 Å². The third-order valence-corrected chi connectivity index (χ3v) is 4.47. The molecule has 1 aromatic carbocycles. The number of carbonyl (C=O) groups is 2. The smallest absolute Gasteiger partial charge is 0.237 e. The third kappa shape index (κ3) is 7.26. The molecule has 0 saturated heterocycles. The van der Waals surface area contributed by atoms with Crippen LogP contribution in [0.3, 0.4) is 0 Å². The first kappa shape index (κ1) is 22.4. The summed E-state index contributed by atoms with van der Waals surface area (Å²) in [6, 6.07) is 1.92. The van der Waals surface area contributed by atoms with Gasteiger partial charge in [-0.25, -0.2) is 0 Å². The minimum atomic E-state index is -0.713. The highest BCUT2D eigenvalue weighted by molar-refractivity contribution is 5.89. The molecule has 0 spiro atoms. The van der Waals surface area contributed by atoms with E-state index in [1.807, 2.05) is 13.8 Å². The van der Waals surface area contributed by atoms with E-state index in [-0.39, 0.29) is 17.4 Å². The summed E-state index contributed by atoms with van der Waals surface area (Å²) < 4.78 is 0. The molecule has 1 rings (SSSR count). The van der Waals surface area contributed by atoms with Crippen LogP contribution in [0.1, 0.15) is 36.5 Å². The number of aromatic hydroxyl groups is 1. The number of Topliss-reactive ketones (excluding diaryl/α,β-unsaturated/α-hetero) is 1. The molecule has 0 aliphatic rings. The van der Waals surface area contributed by atoms with Gasteiger partial charge >= 0.3 is 0 Å². The van der Waals surface area contributed by atoms with Crippen molar-refractivity contribution in [2.45, 2.75) is 52.1 Å². The van der Waals surface area contributed by atoms with Crippen molar-refractivity contribution in [3.8, 4) is 5.75 Å². The Balaban J connectivity index is 2.66. The second-order valence-corrected chi connectivity index (χ2v) is 6.72. The van der Waals surface area contributed by atoms with Crippen LogP contribution >= 0.6 is 0 Å². The number of nitrogens with one attached hydrogen (secondary N) is 2. The summed E-state index contributed by atoms with van der Waals surface area (Å²) in [5.41, 5.74) is 14.2. The number of aryl methyl sites for hydroxylation is 2. The van der Waals surface area contributed by atoms with Crippen LogP contribution in [-0.4, -0.2) is 48.4 Å². The molecule has 0 heterocycles. The zero-order valence-corrected chi connectivity index (χ0v) is 16.5. The predicted octanol–water partition coefficient (Wildman–Crippen LogP) is 0.267. The van der Waals surface area contributed by atoms with Crippen LogP contribution in [0.25, 0.3) is 0 Å². The summed E-state index contributed by atoms with van der Waals surface area (Å²) in [5, 5.41) is 15.3. The van der Waals surface area contributed by atoms with Crippen molar-refractivity contribution >= 4 is 17.6 Å². The highest BCUT2D eigenvalue weighted by Crippen LogP contribution is 2.22. The number of rotatable bonds is 9. The standard InChI is InChI=1S/C19H31N5O3/c1-11-8-14(26)9-12(2)15(11)10-17(13(3)25)24-18(27)16(20)6-5-7-23-19(21)22-4/h8-9,16-17,26H,5-7,10,20H2,1-4H3,(H,24,27)(H3,21,22,23). The second-order valence-electron chi connectivity index (χ2n) is 6.72. The van der Waals surface area contributed by atoms with Gasteiger partial charge in [-0.15, -0.1) is 0 Å². The number of phenolic OH excluding ortho intramolecular Hbond substituents is 1. The number of amides is 1.